The zero-order valence-corrected chi connectivity index (χ0v) is 22.2. The fourth-order valence-electron chi connectivity index (χ4n) is 5.84. The van der Waals surface area contributed by atoms with E-state index >= 15 is 4.39 Å². The third-order valence-corrected chi connectivity index (χ3v) is 7.95. The van der Waals surface area contributed by atoms with Crippen LogP contribution in [0, 0.1) is 11.3 Å². The van der Waals surface area contributed by atoms with Crippen LogP contribution in [0.2, 0.25) is 5.02 Å². The molecule has 1 amide bonds. The number of Topliss-reactive ketones (excluding diaryl/α,β-unsaturated/α-hetero) is 1. The number of piperidine rings is 1. The van der Waals surface area contributed by atoms with Crippen molar-refractivity contribution in [2.45, 2.75) is 56.8 Å². The largest absolute Gasteiger partial charge is 0.308 e. The Bertz CT molecular complexity index is 1410. The Morgan fingerprint density at radius 2 is 1.76 bits per heavy atom. The zero-order chi connectivity index (χ0) is 26.9. The highest BCUT2D eigenvalue weighted by Gasteiger charge is 2.57. The highest BCUT2D eigenvalue weighted by molar-refractivity contribution is 6.30. The number of nitriles is 1. The molecule has 8 heteroatoms. The summed E-state index contributed by atoms with van der Waals surface area (Å²) in [5, 5.41) is 11.5. The number of alkyl halides is 1. The van der Waals surface area contributed by atoms with E-state index in [4.69, 9.17) is 11.6 Å². The van der Waals surface area contributed by atoms with Gasteiger partial charge in [-0.15, -0.1) is 0 Å². The van der Waals surface area contributed by atoms with Gasteiger partial charge in [0, 0.05) is 54.5 Å². The lowest BCUT2D eigenvalue weighted by Crippen LogP contribution is -2.59. The number of fused-ring (bicyclic) bond motifs is 1. The Balaban J connectivity index is 1.37. The van der Waals surface area contributed by atoms with Crippen LogP contribution in [0.1, 0.15) is 55.8 Å². The number of halogens is 2. The molecule has 38 heavy (non-hydrogen) atoms. The van der Waals surface area contributed by atoms with Gasteiger partial charge in [0.2, 0.25) is 5.91 Å². The minimum atomic E-state index is -1.66. The number of benzene rings is 2. The van der Waals surface area contributed by atoms with Gasteiger partial charge < -0.3 is 4.90 Å². The molecule has 0 N–H and O–H groups in total. The van der Waals surface area contributed by atoms with Gasteiger partial charge in [0.15, 0.2) is 11.4 Å². The number of amides is 1. The SMILES string of the molecule is CC1(F)CN(C(=O)CCC(=O)c2ccnc3ccc(-c4ccc(Cl)cc4)cc23)[C@@](C#N)(N2CCCCC2)C1. The number of rotatable bonds is 6. The summed E-state index contributed by atoms with van der Waals surface area (Å²) in [5.74, 6) is -0.561. The second-order valence-electron chi connectivity index (χ2n) is 10.6. The molecule has 2 aliphatic rings. The third kappa shape index (κ3) is 5.03. The molecule has 2 atom stereocenters. The van der Waals surface area contributed by atoms with E-state index in [2.05, 4.69) is 11.1 Å². The molecule has 0 spiro atoms. The third-order valence-electron chi connectivity index (χ3n) is 7.69. The van der Waals surface area contributed by atoms with Crippen molar-refractivity contribution in [2.75, 3.05) is 19.6 Å². The predicted octanol–water partition coefficient (Wildman–Crippen LogP) is 6.18. The molecule has 0 saturated carbocycles. The summed E-state index contributed by atoms with van der Waals surface area (Å²) in [7, 11) is 0. The fourth-order valence-corrected chi connectivity index (χ4v) is 5.96. The summed E-state index contributed by atoms with van der Waals surface area (Å²) in [4.78, 5) is 34.5. The molecule has 3 aromatic rings. The Kier molecular flexibility index (Phi) is 7.21. The maximum Gasteiger partial charge on any atom is 0.225 e. The fraction of sp³-hybridized carbons (Fsp3) is 0.400. The monoisotopic (exact) mass is 532 g/mol. The molecule has 1 unspecified atom stereocenters. The van der Waals surface area contributed by atoms with Crippen molar-refractivity contribution in [3.8, 4) is 17.2 Å². The van der Waals surface area contributed by atoms with Crippen LogP contribution < -0.4 is 0 Å². The van der Waals surface area contributed by atoms with Gasteiger partial charge in [-0.2, -0.15) is 5.26 Å². The van der Waals surface area contributed by atoms with Crippen molar-refractivity contribution in [3.05, 3.63) is 65.3 Å². The van der Waals surface area contributed by atoms with E-state index in [1.54, 1.807) is 12.3 Å². The molecule has 0 aliphatic carbocycles. The molecule has 1 aromatic heterocycles. The minimum absolute atomic E-state index is 0.0376. The van der Waals surface area contributed by atoms with Crippen LogP contribution in [0.4, 0.5) is 4.39 Å². The number of carbonyl (C=O) groups excluding carboxylic acids is 2. The first-order chi connectivity index (χ1) is 18.2. The molecular weight excluding hydrogens is 503 g/mol. The van der Waals surface area contributed by atoms with Crippen molar-refractivity contribution in [3.63, 3.8) is 0 Å². The first kappa shape index (κ1) is 26.3. The van der Waals surface area contributed by atoms with E-state index in [0.717, 1.165) is 30.4 Å². The molecular formula is C30H30ClFN4O2. The molecule has 6 nitrogen and oxygen atoms in total. The number of likely N-dealkylation sites (tertiary alicyclic amines) is 2. The number of hydrogen-bond acceptors (Lipinski definition) is 5. The van der Waals surface area contributed by atoms with Crippen molar-refractivity contribution in [1.82, 2.24) is 14.8 Å². The van der Waals surface area contributed by atoms with E-state index < -0.39 is 11.3 Å². The molecule has 5 rings (SSSR count). The molecule has 3 heterocycles. The van der Waals surface area contributed by atoms with E-state index in [9.17, 15) is 14.9 Å². The van der Waals surface area contributed by atoms with Crippen LogP contribution >= 0.6 is 11.6 Å². The number of pyridine rings is 1. The lowest BCUT2D eigenvalue weighted by molar-refractivity contribution is -0.140. The van der Waals surface area contributed by atoms with E-state index in [1.165, 1.54) is 11.8 Å². The van der Waals surface area contributed by atoms with Crippen LogP contribution in [0.3, 0.4) is 0 Å². The van der Waals surface area contributed by atoms with Crippen molar-refractivity contribution in [1.29, 1.82) is 5.26 Å². The predicted molar refractivity (Wildman–Crippen MR) is 145 cm³/mol. The zero-order valence-electron chi connectivity index (χ0n) is 21.4. The van der Waals surface area contributed by atoms with Crippen LogP contribution in [0.25, 0.3) is 22.0 Å². The first-order valence-electron chi connectivity index (χ1n) is 13.1. The Morgan fingerprint density at radius 3 is 2.47 bits per heavy atom. The van der Waals surface area contributed by atoms with Gasteiger partial charge in [0.05, 0.1) is 12.1 Å². The lowest BCUT2D eigenvalue weighted by Gasteiger charge is -2.43. The number of hydrogen-bond donors (Lipinski definition) is 0. The quantitative estimate of drug-likeness (QED) is 0.354. The average Bonchev–Trinajstić information content (AvgIpc) is 3.23. The Morgan fingerprint density at radius 1 is 1.05 bits per heavy atom. The number of carbonyl (C=O) groups is 2. The van der Waals surface area contributed by atoms with Crippen LogP contribution in [0.5, 0.6) is 0 Å². The summed E-state index contributed by atoms with van der Waals surface area (Å²) >= 11 is 6.03. The van der Waals surface area contributed by atoms with E-state index in [1.807, 2.05) is 47.4 Å². The standard InChI is InChI=1S/C30H30ClFN4O2/c1-29(32)18-30(19-33,35-15-3-2-4-16-35)36(20-29)28(38)12-11-27(37)24-13-14-34-26-10-7-22(17-25(24)26)21-5-8-23(31)9-6-21/h5-10,13-14,17H,2-4,11-12,15-16,18,20H2,1H3/t29?,30-/m0/s1. The smallest absolute Gasteiger partial charge is 0.225 e. The molecule has 2 saturated heterocycles. The summed E-state index contributed by atoms with van der Waals surface area (Å²) in [5.41, 5.74) is 0.0845. The molecule has 0 bridgehead atoms. The van der Waals surface area contributed by atoms with E-state index in [-0.39, 0.29) is 37.5 Å². The van der Waals surface area contributed by atoms with Gasteiger partial charge in [0.25, 0.3) is 0 Å². The summed E-state index contributed by atoms with van der Waals surface area (Å²) in [6.45, 7) is 2.62. The second-order valence-corrected chi connectivity index (χ2v) is 11.0. The maximum atomic E-state index is 15.2. The minimum Gasteiger partial charge on any atom is -0.308 e. The Labute approximate surface area is 227 Å². The van der Waals surface area contributed by atoms with Gasteiger partial charge in [-0.1, -0.05) is 36.2 Å². The Hall–Kier alpha value is -3.34. The van der Waals surface area contributed by atoms with Crippen LogP contribution in [-0.4, -0.2) is 57.4 Å². The summed E-state index contributed by atoms with van der Waals surface area (Å²) < 4.78 is 15.2. The van der Waals surface area contributed by atoms with Gasteiger partial charge in [0.1, 0.15) is 11.7 Å². The van der Waals surface area contributed by atoms with Gasteiger partial charge >= 0.3 is 0 Å². The normalized spacial score (nSPS) is 23.9. The van der Waals surface area contributed by atoms with Crippen molar-refractivity contribution in [2.24, 2.45) is 0 Å². The molecule has 2 fully saturated rings. The van der Waals surface area contributed by atoms with E-state index in [0.29, 0.717) is 34.6 Å². The van der Waals surface area contributed by atoms with Crippen molar-refractivity contribution >= 4 is 34.2 Å². The summed E-state index contributed by atoms with van der Waals surface area (Å²) in [6.07, 6.45) is 4.31. The van der Waals surface area contributed by atoms with Crippen molar-refractivity contribution < 1.29 is 14.0 Å². The highest BCUT2D eigenvalue weighted by Crippen LogP contribution is 2.42. The van der Waals surface area contributed by atoms with Gasteiger partial charge in [-0.05, 0) is 61.2 Å². The maximum absolute atomic E-state index is 15.2. The molecule has 196 valence electrons. The van der Waals surface area contributed by atoms with Gasteiger partial charge in [-0.3, -0.25) is 19.5 Å². The highest BCUT2D eigenvalue weighted by atomic mass is 35.5. The van der Waals surface area contributed by atoms with Gasteiger partial charge in [-0.25, -0.2) is 4.39 Å². The van der Waals surface area contributed by atoms with Crippen LogP contribution in [0.15, 0.2) is 54.7 Å². The van der Waals surface area contributed by atoms with Crippen LogP contribution in [-0.2, 0) is 4.79 Å². The average molecular weight is 533 g/mol. The molecule has 2 aliphatic heterocycles. The topological polar surface area (TPSA) is 77.3 Å². The lowest BCUT2D eigenvalue weighted by atomic mass is 9.96. The second kappa shape index (κ2) is 10.4. The summed E-state index contributed by atoms with van der Waals surface area (Å²) in [6, 6.07) is 17.2. The molecule has 0 radical (unpaired) electrons. The number of aromatic nitrogens is 1. The first-order valence-corrected chi connectivity index (χ1v) is 13.4. The number of nitrogens with zero attached hydrogens (tertiary/aromatic N) is 4. The number of ketones is 1. The molecule has 2 aromatic carbocycles.